The van der Waals surface area contributed by atoms with Crippen LogP contribution in [0.25, 0.3) is 0 Å². The van der Waals surface area contributed by atoms with Crippen molar-refractivity contribution in [3.8, 4) is 0 Å². The van der Waals surface area contributed by atoms with Gasteiger partial charge in [-0.25, -0.2) is 4.98 Å². The van der Waals surface area contributed by atoms with Gasteiger partial charge in [0.05, 0.1) is 35.6 Å². The van der Waals surface area contributed by atoms with Gasteiger partial charge in [-0.3, -0.25) is 9.48 Å². The third-order valence-corrected chi connectivity index (χ3v) is 3.07. The number of carbonyl (C=O) groups is 1. The van der Waals surface area contributed by atoms with Crippen LogP contribution in [0, 0.1) is 0 Å². The third-order valence-electron chi connectivity index (χ3n) is 2.77. The molecule has 8 heteroatoms. The van der Waals surface area contributed by atoms with Gasteiger partial charge in [0.1, 0.15) is 5.82 Å². The second-order valence-corrected chi connectivity index (χ2v) is 4.65. The van der Waals surface area contributed by atoms with Gasteiger partial charge in [0.25, 0.3) is 5.91 Å². The fraction of sp³-hybridized carbons (Fsp3) is 0.308. The summed E-state index contributed by atoms with van der Waals surface area (Å²) in [5.41, 5.74) is 0.940. The predicted molar refractivity (Wildman–Crippen MR) is 80.8 cm³/mol. The third kappa shape index (κ3) is 3.93. The summed E-state index contributed by atoms with van der Waals surface area (Å²) in [6.07, 6.45) is 4.73. The van der Waals surface area contributed by atoms with E-state index in [9.17, 15) is 4.79 Å². The van der Waals surface area contributed by atoms with E-state index in [1.54, 1.807) is 37.3 Å². The van der Waals surface area contributed by atoms with E-state index in [1.807, 2.05) is 0 Å². The summed E-state index contributed by atoms with van der Waals surface area (Å²) in [6.45, 7) is 1.17. The topological polar surface area (TPSA) is 81.1 Å². The monoisotopic (exact) mass is 309 g/mol. The molecule has 2 heterocycles. The number of hydrogen-bond acceptors (Lipinski definition) is 5. The van der Waals surface area contributed by atoms with Crippen molar-refractivity contribution >= 4 is 29.0 Å². The average molecular weight is 310 g/mol. The number of rotatable bonds is 6. The predicted octanol–water partition coefficient (Wildman–Crippen LogP) is 1.87. The molecule has 0 aromatic carbocycles. The van der Waals surface area contributed by atoms with Crippen molar-refractivity contribution in [2.45, 2.75) is 6.54 Å². The Kier molecular flexibility index (Phi) is 5.13. The molecule has 0 radical (unpaired) electrons. The normalized spacial score (nSPS) is 10.4. The molecule has 0 spiro atoms. The lowest BCUT2D eigenvalue weighted by Crippen LogP contribution is -2.13. The van der Waals surface area contributed by atoms with Crippen LogP contribution < -0.4 is 10.6 Å². The van der Waals surface area contributed by atoms with E-state index in [2.05, 4.69) is 20.7 Å². The molecule has 0 bridgehead atoms. The number of carbonyl (C=O) groups excluding carboxylic acids is 1. The van der Waals surface area contributed by atoms with Crippen molar-refractivity contribution in [1.29, 1.82) is 0 Å². The first-order valence-electron chi connectivity index (χ1n) is 6.30. The number of nitrogens with one attached hydrogen (secondary N) is 2. The Hall–Kier alpha value is -2.12. The minimum Gasteiger partial charge on any atom is -0.383 e. The molecule has 1 amide bonds. The van der Waals surface area contributed by atoms with Crippen molar-refractivity contribution in [3.05, 3.63) is 35.2 Å². The van der Waals surface area contributed by atoms with Gasteiger partial charge in [-0.15, -0.1) is 0 Å². The molecule has 112 valence electrons. The summed E-state index contributed by atoms with van der Waals surface area (Å²) >= 11 is 6.00. The van der Waals surface area contributed by atoms with E-state index in [0.717, 1.165) is 0 Å². The summed E-state index contributed by atoms with van der Waals surface area (Å²) in [5, 5.41) is 10.0. The summed E-state index contributed by atoms with van der Waals surface area (Å²) < 4.78 is 6.65. The van der Waals surface area contributed by atoms with Crippen molar-refractivity contribution in [2.75, 3.05) is 31.4 Å². The SMILES string of the molecule is CNc1cc(C(=O)Nc2cnn(CCOC)c2)c(Cl)cn1. The maximum Gasteiger partial charge on any atom is 0.257 e. The van der Waals surface area contributed by atoms with Crippen LogP contribution in [-0.4, -0.2) is 41.4 Å². The number of halogens is 1. The Balaban J connectivity index is 2.09. The molecule has 2 aromatic rings. The molecule has 0 atom stereocenters. The van der Waals surface area contributed by atoms with Gasteiger partial charge in [-0.2, -0.15) is 5.10 Å². The highest BCUT2D eigenvalue weighted by atomic mass is 35.5. The molecule has 2 aromatic heterocycles. The molecular formula is C13H16ClN5O2. The Morgan fingerprint density at radius 1 is 1.48 bits per heavy atom. The molecule has 2 rings (SSSR count). The van der Waals surface area contributed by atoms with Crippen LogP contribution in [0.15, 0.2) is 24.7 Å². The highest BCUT2D eigenvalue weighted by Crippen LogP contribution is 2.19. The van der Waals surface area contributed by atoms with Gasteiger partial charge < -0.3 is 15.4 Å². The highest BCUT2D eigenvalue weighted by molar-refractivity contribution is 6.34. The number of methoxy groups -OCH3 is 1. The van der Waals surface area contributed by atoms with Crippen LogP contribution in [0.5, 0.6) is 0 Å². The van der Waals surface area contributed by atoms with Crippen molar-refractivity contribution in [1.82, 2.24) is 14.8 Å². The quantitative estimate of drug-likeness (QED) is 0.851. The molecule has 0 aliphatic heterocycles. The Morgan fingerprint density at radius 3 is 3.00 bits per heavy atom. The zero-order valence-electron chi connectivity index (χ0n) is 11.8. The van der Waals surface area contributed by atoms with Gasteiger partial charge in [0, 0.05) is 26.6 Å². The Bertz CT molecular complexity index is 629. The zero-order chi connectivity index (χ0) is 15.2. The molecular weight excluding hydrogens is 294 g/mol. The first-order valence-corrected chi connectivity index (χ1v) is 6.68. The molecule has 7 nitrogen and oxygen atoms in total. The van der Waals surface area contributed by atoms with Crippen LogP contribution >= 0.6 is 11.6 Å². The van der Waals surface area contributed by atoms with E-state index >= 15 is 0 Å². The Morgan fingerprint density at radius 2 is 2.29 bits per heavy atom. The van der Waals surface area contributed by atoms with Gasteiger partial charge in [0.15, 0.2) is 0 Å². The fourth-order valence-corrected chi connectivity index (χ4v) is 1.87. The molecule has 0 fully saturated rings. The zero-order valence-corrected chi connectivity index (χ0v) is 12.5. The number of hydrogen-bond donors (Lipinski definition) is 2. The standard InChI is InChI=1S/C13H16ClN5O2/c1-15-12-5-10(11(14)7-16-12)13(20)18-9-6-17-19(8-9)3-4-21-2/h5-8H,3-4H2,1-2H3,(H,15,16)(H,18,20). The van der Waals surface area contributed by atoms with Crippen molar-refractivity contribution in [3.63, 3.8) is 0 Å². The fourth-order valence-electron chi connectivity index (χ4n) is 1.68. The van der Waals surface area contributed by atoms with Crippen LogP contribution in [0.3, 0.4) is 0 Å². The highest BCUT2D eigenvalue weighted by Gasteiger charge is 2.13. The van der Waals surface area contributed by atoms with E-state index in [0.29, 0.717) is 35.2 Å². The molecule has 0 saturated heterocycles. The van der Waals surface area contributed by atoms with Gasteiger partial charge in [0.2, 0.25) is 0 Å². The lowest BCUT2D eigenvalue weighted by Gasteiger charge is -2.06. The van der Waals surface area contributed by atoms with E-state index in [-0.39, 0.29) is 5.91 Å². The smallest absolute Gasteiger partial charge is 0.257 e. The minimum absolute atomic E-state index is 0.290. The molecule has 21 heavy (non-hydrogen) atoms. The van der Waals surface area contributed by atoms with Crippen LogP contribution in [0.4, 0.5) is 11.5 Å². The first kappa shape index (κ1) is 15.3. The maximum absolute atomic E-state index is 12.2. The van der Waals surface area contributed by atoms with E-state index < -0.39 is 0 Å². The number of nitrogens with zero attached hydrogens (tertiary/aromatic N) is 3. The second-order valence-electron chi connectivity index (χ2n) is 4.24. The largest absolute Gasteiger partial charge is 0.383 e. The van der Waals surface area contributed by atoms with Crippen LogP contribution in [0.2, 0.25) is 5.02 Å². The molecule has 0 unspecified atom stereocenters. The van der Waals surface area contributed by atoms with Gasteiger partial charge in [-0.05, 0) is 6.07 Å². The molecule has 0 saturated carbocycles. The number of anilines is 2. The summed E-state index contributed by atoms with van der Waals surface area (Å²) in [6, 6.07) is 1.59. The van der Waals surface area contributed by atoms with E-state index in [1.165, 1.54) is 6.20 Å². The molecule has 0 aliphatic carbocycles. The van der Waals surface area contributed by atoms with Crippen LogP contribution in [0.1, 0.15) is 10.4 Å². The van der Waals surface area contributed by atoms with E-state index in [4.69, 9.17) is 16.3 Å². The van der Waals surface area contributed by atoms with Crippen LogP contribution in [-0.2, 0) is 11.3 Å². The Labute approximate surface area is 127 Å². The molecule has 2 N–H and O–H groups in total. The number of ether oxygens (including phenoxy) is 1. The number of pyridine rings is 1. The van der Waals surface area contributed by atoms with Crippen molar-refractivity contribution < 1.29 is 9.53 Å². The summed E-state index contributed by atoms with van der Waals surface area (Å²) in [5.74, 6) is 0.255. The number of amides is 1. The van der Waals surface area contributed by atoms with Gasteiger partial charge >= 0.3 is 0 Å². The number of aromatic nitrogens is 3. The summed E-state index contributed by atoms with van der Waals surface area (Å²) in [4.78, 5) is 16.2. The van der Waals surface area contributed by atoms with Gasteiger partial charge in [-0.1, -0.05) is 11.6 Å². The lowest BCUT2D eigenvalue weighted by atomic mass is 10.2. The second kappa shape index (κ2) is 7.05. The average Bonchev–Trinajstić information content (AvgIpc) is 2.93. The minimum atomic E-state index is -0.315. The van der Waals surface area contributed by atoms with Crippen molar-refractivity contribution in [2.24, 2.45) is 0 Å². The summed E-state index contributed by atoms with van der Waals surface area (Å²) in [7, 11) is 3.34. The lowest BCUT2D eigenvalue weighted by molar-refractivity contribution is 0.102. The first-order chi connectivity index (χ1) is 10.1. The molecule has 0 aliphatic rings. The maximum atomic E-state index is 12.2.